The van der Waals surface area contributed by atoms with E-state index >= 15 is 0 Å². The maximum absolute atomic E-state index is 14.0. The van der Waals surface area contributed by atoms with E-state index in [1.807, 2.05) is 6.07 Å². The monoisotopic (exact) mass is 530 g/mol. The summed E-state index contributed by atoms with van der Waals surface area (Å²) < 4.78 is 38.2. The lowest BCUT2D eigenvalue weighted by molar-refractivity contribution is 0.0597. The number of ether oxygens (including phenoxy) is 2. The van der Waals surface area contributed by atoms with Gasteiger partial charge in [-0.25, -0.2) is 13.2 Å². The molecule has 0 saturated heterocycles. The molecule has 0 unspecified atom stereocenters. The van der Waals surface area contributed by atoms with E-state index in [-0.39, 0.29) is 27.5 Å². The van der Waals surface area contributed by atoms with Crippen molar-refractivity contribution in [3.63, 3.8) is 0 Å². The average molecular weight is 531 g/mol. The molecule has 4 aromatic rings. The zero-order valence-electron chi connectivity index (χ0n) is 21.1. The third kappa shape index (κ3) is 4.88. The van der Waals surface area contributed by atoms with Crippen molar-refractivity contribution in [3.05, 3.63) is 101 Å². The number of benzene rings is 3. The minimum atomic E-state index is -4.24. The van der Waals surface area contributed by atoms with Gasteiger partial charge in [-0.3, -0.25) is 9.78 Å². The number of sulfone groups is 1. The van der Waals surface area contributed by atoms with Crippen molar-refractivity contribution in [2.75, 3.05) is 20.0 Å². The van der Waals surface area contributed by atoms with Crippen LogP contribution in [0.1, 0.15) is 37.4 Å². The second-order valence-electron chi connectivity index (χ2n) is 8.55. The third-order valence-corrected chi connectivity index (χ3v) is 8.24. The summed E-state index contributed by atoms with van der Waals surface area (Å²) in [6, 6.07) is 16.2. The fourth-order valence-electron chi connectivity index (χ4n) is 4.46. The first-order valence-electron chi connectivity index (χ1n) is 11.6. The second-order valence-corrected chi connectivity index (χ2v) is 10.4. The Hall–Kier alpha value is -4.50. The van der Waals surface area contributed by atoms with Crippen LogP contribution in [0.25, 0.3) is 11.1 Å². The van der Waals surface area contributed by atoms with Crippen LogP contribution in [0.2, 0.25) is 0 Å². The van der Waals surface area contributed by atoms with Crippen molar-refractivity contribution in [2.24, 2.45) is 0 Å². The Morgan fingerprint density at radius 1 is 1.05 bits per heavy atom. The van der Waals surface area contributed by atoms with Gasteiger partial charge in [-0.15, -0.1) is 0 Å². The van der Waals surface area contributed by atoms with Gasteiger partial charge in [0.1, 0.15) is 17.6 Å². The molecule has 0 saturated carbocycles. The van der Waals surface area contributed by atoms with Crippen LogP contribution in [0.3, 0.4) is 0 Å². The summed E-state index contributed by atoms with van der Waals surface area (Å²) in [6.45, 7) is 1.64. The highest BCUT2D eigenvalue weighted by Gasteiger charge is 2.33. The highest BCUT2D eigenvalue weighted by atomic mass is 32.2. The van der Waals surface area contributed by atoms with Crippen molar-refractivity contribution in [2.45, 2.75) is 23.1 Å². The van der Waals surface area contributed by atoms with Crippen LogP contribution >= 0.6 is 0 Å². The Balaban J connectivity index is 2.11. The number of aldehydes is 1. The van der Waals surface area contributed by atoms with E-state index in [0.717, 1.165) is 12.7 Å². The van der Waals surface area contributed by atoms with Crippen molar-refractivity contribution in [1.29, 1.82) is 0 Å². The molecular weight excluding hydrogens is 504 g/mol. The number of hydrogen-bond acceptors (Lipinski definition) is 8. The molecule has 0 aliphatic carbocycles. The Kier molecular flexibility index (Phi) is 7.59. The molecule has 8 nitrogen and oxygen atoms in total. The van der Waals surface area contributed by atoms with E-state index in [2.05, 4.69) is 4.98 Å². The zero-order valence-corrected chi connectivity index (χ0v) is 21.9. The van der Waals surface area contributed by atoms with Gasteiger partial charge in [-0.1, -0.05) is 24.3 Å². The summed E-state index contributed by atoms with van der Waals surface area (Å²) in [6.07, 6.45) is 4.29. The van der Waals surface area contributed by atoms with E-state index in [1.54, 1.807) is 49.6 Å². The fraction of sp³-hybridized carbons (Fsp3) is 0.138. The van der Waals surface area contributed by atoms with Crippen LogP contribution in [0.5, 0.6) is 5.75 Å². The number of nitrogen functional groups attached to an aromatic ring is 1. The Labute approximate surface area is 221 Å². The number of rotatable bonds is 8. The van der Waals surface area contributed by atoms with Crippen molar-refractivity contribution in [3.8, 4) is 16.9 Å². The number of methoxy groups -OCH3 is 2. The van der Waals surface area contributed by atoms with Gasteiger partial charge in [0.05, 0.1) is 29.7 Å². The van der Waals surface area contributed by atoms with E-state index in [9.17, 15) is 18.0 Å². The number of hydrogen-bond donors (Lipinski definition) is 1. The van der Waals surface area contributed by atoms with Crippen LogP contribution in [-0.4, -0.2) is 39.9 Å². The van der Waals surface area contributed by atoms with Crippen molar-refractivity contribution in [1.82, 2.24) is 4.98 Å². The molecule has 1 heterocycles. The SMILES string of the molecule is COC(=O)c1c(N)c(-c2cccc(C=O)c2)c(Cc2cccnc2)c(C)c1S(=O)(=O)c1ccc(OC)cc1. The van der Waals surface area contributed by atoms with Gasteiger partial charge < -0.3 is 15.2 Å². The molecule has 9 heteroatoms. The number of pyridine rings is 1. The number of carbonyl (C=O) groups is 2. The summed E-state index contributed by atoms with van der Waals surface area (Å²) in [4.78, 5) is 28.5. The normalized spacial score (nSPS) is 11.1. The highest BCUT2D eigenvalue weighted by Crippen LogP contribution is 2.42. The maximum Gasteiger partial charge on any atom is 0.341 e. The van der Waals surface area contributed by atoms with Gasteiger partial charge >= 0.3 is 5.97 Å². The van der Waals surface area contributed by atoms with Crippen molar-refractivity contribution < 1.29 is 27.5 Å². The molecule has 0 spiro atoms. The van der Waals surface area contributed by atoms with E-state index < -0.39 is 15.8 Å². The van der Waals surface area contributed by atoms with Crippen LogP contribution in [-0.2, 0) is 21.0 Å². The lowest BCUT2D eigenvalue weighted by Gasteiger charge is -2.23. The Bertz CT molecular complexity index is 1620. The van der Waals surface area contributed by atoms with Crippen molar-refractivity contribution >= 4 is 27.8 Å². The minimum Gasteiger partial charge on any atom is -0.497 e. The van der Waals surface area contributed by atoms with Gasteiger partial charge in [0, 0.05) is 23.5 Å². The molecule has 0 aliphatic rings. The molecule has 1 aromatic heterocycles. The number of aromatic nitrogens is 1. The minimum absolute atomic E-state index is 0.0333. The van der Waals surface area contributed by atoms with Crippen LogP contribution in [0.15, 0.2) is 82.8 Å². The molecule has 0 bridgehead atoms. The molecule has 3 aromatic carbocycles. The lowest BCUT2D eigenvalue weighted by atomic mass is 9.87. The topological polar surface area (TPSA) is 126 Å². The van der Waals surface area contributed by atoms with Crippen LogP contribution < -0.4 is 10.5 Å². The summed E-state index contributed by atoms with van der Waals surface area (Å²) in [7, 11) is -1.59. The number of carbonyl (C=O) groups excluding carboxylic acids is 2. The van der Waals surface area contributed by atoms with Gasteiger partial charge in [-0.2, -0.15) is 0 Å². The van der Waals surface area contributed by atoms with E-state index in [0.29, 0.717) is 39.9 Å². The number of nitrogens with two attached hydrogens (primary N) is 1. The van der Waals surface area contributed by atoms with Gasteiger partial charge in [-0.05, 0) is 72.0 Å². The summed E-state index contributed by atoms with van der Waals surface area (Å²) in [5, 5.41) is 0. The quantitative estimate of drug-likeness (QED) is 0.198. The molecule has 0 radical (unpaired) electrons. The lowest BCUT2D eigenvalue weighted by Crippen LogP contribution is -2.18. The Morgan fingerprint density at radius 2 is 1.79 bits per heavy atom. The second kappa shape index (κ2) is 10.9. The first-order chi connectivity index (χ1) is 18.2. The molecule has 194 valence electrons. The molecule has 0 aliphatic heterocycles. The van der Waals surface area contributed by atoms with Gasteiger partial charge in [0.15, 0.2) is 0 Å². The molecule has 4 rings (SSSR count). The number of esters is 1. The predicted octanol–water partition coefficient (Wildman–Crippen LogP) is 4.67. The van der Waals surface area contributed by atoms with E-state index in [1.165, 1.54) is 31.4 Å². The Morgan fingerprint density at radius 3 is 2.39 bits per heavy atom. The number of nitrogens with zero attached hydrogens (tertiary/aromatic N) is 1. The number of anilines is 1. The standard InChI is InChI=1S/C29H26N2O6S/c1-18-24(15-19-7-5-13-31-16-19)25(21-8-4-6-20(14-21)17-32)27(30)26(29(33)37-3)28(18)38(34,35)23-11-9-22(36-2)10-12-23/h4-14,16-17H,15,30H2,1-3H3. The summed E-state index contributed by atoms with van der Waals surface area (Å²) in [5.41, 5.74) is 9.46. The van der Waals surface area contributed by atoms with E-state index in [4.69, 9.17) is 15.2 Å². The fourth-order valence-corrected chi connectivity index (χ4v) is 6.18. The first-order valence-corrected chi connectivity index (χ1v) is 13.1. The third-order valence-electron chi connectivity index (χ3n) is 6.30. The first kappa shape index (κ1) is 26.6. The molecule has 2 N–H and O–H groups in total. The molecule has 0 fully saturated rings. The molecule has 0 atom stereocenters. The highest BCUT2D eigenvalue weighted by molar-refractivity contribution is 7.91. The predicted molar refractivity (Wildman–Crippen MR) is 143 cm³/mol. The largest absolute Gasteiger partial charge is 0.497 e. The smallest absolute Gasteiger partial charge is 0.341 e. The average Bonchev–Trinajstić information content (AvgIpc) is 2.94. The molecule has 0 amide bonds. The molecule has 38 heavy (non-hydrogen) atoms. The van der Waals surface area contributed by atoms with Crippen LogP contribution in [0, 0.1) is 6.92 Å². The summed E-state index contributed by atoms with van der Waals surface area (Å²) >= 11 is 0. The van der Waals surface area contributed by atoms with Crippen LogP contribution in [0.4, 0.5) is 5.69 Å². The van der Waals surface area contributed by atoms with Gasteiger partial charge in [0.2, 0.25) is 9.84 Å². The van der Waals surface area contributed by atoms with Gasteiger partial charge in [0.25, 0.3) is 0 Å². The zero-order chi connectivity index (χ0) is 27.4. The molecular formula is C29H26N2O6S. The summed E-state index contributed by atoms with van der Waals surface area (Å²) in [5.74, 6) is -0.408. The maximum atomic E-state index is 14.0.